The summed E-state index contributed by atoms with van der Waals surface area (Å²) in [5.74, 6) is 0.309. The lowest BCUT2D eigenvalue weighted by atomic mass is 10.2. The maximum Gasteiger partial charge on any atom is 0.260 e. The Morgan fingerprint density at radius 3 is 2.73 bits per heavy atom. The molecule has 1 fully saturated rings. The smallest absolute Gasteiger partial charge is 0.260 e. The van der Waals surface area contributed by atoms with E-state index in [1.54, 1.807) is 17.0 Å². The highest BCUT2D eigenvalue weighted by atomic mass is 32.2. The molecule has 0 aliphatic carbocycles. The van der Waals surface area contributed by atoms with E-state index in [2.05, 4.69) is 4.90 Å². The molecule has 0 bridgehead atoms. The fourth-order valence-electron chi connectivity index (χ4n) is 2.53. The number of benzene rings is 1. The van der Waals surface area contributed by atoms with Gasteiger partial charge < -0.3 is 14.5 Å². The van der Waals surface area contributed by atoms with Gasteiger partial charge in [-0.05, 0) is 32.2 Å². The lowest BCUT2D eigenvalue weighted by Gasteiger charge is -2.38. The normalized spacial score (nSPS) is 20.0. The van der Waals surface area contributed by atoms with Gasteiger partial charge in [-0.15, -0.1) is 0 Å². The Bertz CT molecular complexity index is 645. The van der Waals surface area contributed by atoms with Gasteiger partial charge in [-0.25, -0.2) is 8.42 Å². The van der Waals surface area contributed by atoms with Gasteiger partial charge in [-0.2, -0.15) is 0 Å². The number of carbonyl (C=O) groups excluding carboxylic acids is 1. The van der Waals surface area contributed by atoms with Gasteiger partial charge in [0.05, 0.1) is 4.90 Å². The number of hydrogen-bond acceptors (Lipinski definition) is 5. The molecule has 22 heavy (non-hydrogen) atoms. The maximum atomic E-state index is 12.2. The van der Waals surface area contributed by atoms with Crippen LogP contribution in [0.3, 0.4) is 0 Å². The van der Waals surface area contributed by atoms with E-state index < -0.39 is 9.84 Å². The summed E-state index contributed by atoms with van der Waals surface area (Å²) in [7, 11) is -1.25. The number of hydrogen-bond donors (Lipinski definition) is 0. The van der Waals surface area contributed by atoms with E-state index in [-0.39, 0.29) is 23.5 Å². The topological polar surface area (TPSA) is 66.9 Å². The molecule has 0 radical (unpaired) electrons. The highest BCUT2D eigenvalue weighted by molar-refractivity contribution is 7.90. The summed E-state index contributed by atoms with van der Waals surface area (Å²) in [6, 6.07) is 6.35. The van der Waals surface area contributed by atoms with E-state index in [0.717, 1.165) is 19.3 Å². The predicted octanol–water partition coefficient (Wildman–Crippen LogP) is 0.631. The van der Waals surface area contributed by atoms with Crippen molar-refractivity contribution in [1.82, 2.24) is 9.80 Å². The van der Waals surface area contributed by atoms with Crippen molar-refractivity contribution in [2.45, 2.75) is 17.9 Å². The zero-order valence-electron chi connectivity index (χ0n) is 13.2. The Balaban J connectivity index is 1.97. The zero-order valence-corrected chi connectivity index (χ0v) is 14.0. The van der Waals surface area contributed by atoms with Crippen molar-refractivity contribution in [3.63, 3.8) is 0 Å². The molecule has 1 aliphatic heterocycles. The molecular formula is C15H22N2O4S. The molecule has 0 N–H and O–H groups in total. The highest BCUT2D eigenvalue weighted by Gasteiger charge is 2.25. The quantitative estimate of drug-likeness (QED) is 0.812. The second-order valence-corrected chi connectivity index (χ2v) is 7.75. The van der Waals surface area contributed by atoms with Gasteiger partial charge in [0.25, 0.3) is 5.91 Å². The van der Waals surface area contributed by atoms with Gasteiger partial charge in [-0.1, -0.05) is 6.07 Å². The molecule has 1 aromatic rings. The number of carbonyl (C=O) groups is 1. The van der Waals surface area contributed by atoms with E-state index in [1.165, 1.54) is 12.1 Å². The SMILES string of the molecule is C[C@H]1CN(C)CCN1C(=O)COc1cccc(S(C)(=O)=O)c1. The molecule has 0 spiro atoms. The number of amides is 1. The standard InChI is InChI=1S/C15H22N2O4S/c1-12-10-16(2)7-8-17(12)15(18)11-21-13-5-4-6-14(9-13)22(3,19)20/h4-6,9,12H,7-8,10-11H2,1-3H3/t12-/m0/s1. The van der Waals surface area contributed by atoms with Crippen LogP contribution in [0.1, 0.15) is 6.92 Å². The first-order valence-corrected chi connectivity index (χ1v) is 9.07. The van der Waals surface area contributed by atoms with Gasteiger partial charge in [0.15, 0.2) is 16.4 Å². The molecule has 0 saturated carbocycles. The lowest BCUT2D eigenvalue weighted by molar-refractivity contribution is -0.137. The van der Waals surface area contributed by atoms with Crippen LogP contribution in [0.5, 0.6) is 5.75 Å². The summed E-state index contributed by atoms with van der Waals surface area (Å²) in [6.07, 6.45) is 1.14. The average Bonchev–Trinajstić information content (AvgIpc) is 2.44. The van der Waals surface area contributed by atoms with Crippen LogP contribution in [0.2, 0.25) is 0 Å². The molecule has 1 heterocycles. The Labute approximate surface area is 131 Å². The Morgan fingerprint density at radius 1 is 1.36 bits per heavy atom. The summed E-state index contributed by atoms with van der Waals surface area (Å²) < 4.78 is 28.5. The molecule has 1 aliphatic rings. The van der Waals surface area contributed by atoms with Crippen LogP contribution in [-0.2, 0) is 14.6 Å². The minimum absolute atomic E-state index is 0.0784. The largest absolute Gasteiger partial charge is 0.484 e. The van der Waals surface area contributed by atoms with E-state index in [4.69, 9.17) is 4.74 Å². The Kier molecular flexibility index (Phi) is 5.08. The number of likely N-dealkylation sites (N-methyl/N-ethyl adjacent to an activating group) is 1. The van der Waals surface area contributed by atoms with Crippen molar-refractivity contribution in [2.24, 2.45) is 0 Å². The molecule has 122 valence electrons. The molecule has 7 heteroatoms. The van der Waals surface area contributed by atoms with Crippen molar-refractivity contribution in [1.29, 1.82) is 0 Å². The molecule has 0 unspecified atom stereocenters. The van der Waals surface area contributed by atoms with E-state index >= 15 is 0 Å². The second-order valence-electron chi connectivity index (χ2n) is 5.73. The fourth-order valence-corrected chi connectivity index (χ4v) is 3.19. The van der Waals surface area contributed by atoms with Crippen molar-refractivity contribution < 1.29 is 17.9 Å². The van der Waals surface area contributed by atoms with Gasteiger partial charge in [0, 0.05) is 31.9 Å². The molecule has 2 rings (SSSR count). The number of sulfone groups is 1. The minimum Gasteiger partial charge on any atom is -0.484 e. The van der Waals surface area contributed by atoms with Crippen LogP contribution >= 0.6 is 0 Å². The summed E-state index contributed by atoms with van der Waals surface area (Å²) >= 11 is 0. The summed E-state index contributed by atoms with van der Waals surface area (Å²) in [6.45, 7) is 4.30. The van der Waals surface area contributed by atoms with Crippen LogP contribution in [0.25, 0.3) is 0 Å². The van der Waals surface area contributed by atoms with Crippen molar-refractivity contribution >= 4 is 15.7 Å². The van der Waals surface area contributed by atoms with E-state index in [0.29, 0.717) is 12.3 Å². The summed E-state index contributed by atoms with van der Waals surface area (Å²) in [4.78, 5) is 16.4. The third kappa shape index (κ3) is 4.20. The Morgan fingerprint density at radius 2 is 2.09 bits per heavy atom. The number of piperazine rings is 1. The highest BCUT2D eigenvalue weighted by Crippen LogP contribution is 2.17. The monoisotopic (exact) mass is 326 g/mol. The van der Waals surface area contributed by atoms with Gasteiger partial charge >= 0.3 is 0 Å². The lowest BCUT2D eigenvalue weighted by Crippen LogP contribution is -2.53. The molecule has 0 aromatic heterocycles. The third-order valence-electron chi connectivity index (χ3n) is 3.75. The zero-order chi connectivity index (χ0) is 16.3. The number of ether oxygens (including phenoxy) is 1. The molecule has 1 atom stereocenters. The molecular weight excluding hydrogens is 304 g/mol. The number of nitrogens with zero attached hydrogens (tertiary/aromatic N) is 2. The van der Waals surface area contributed by atoms with Crippen molar-refractivity contribution in [3.8, 4) is 5.75 Å². The van der Waals surface area contributed by atoms with Crippen LogP contribution in [-0.4, -0.2) is 69.7 Å². The van der Waals surface area contributed by atoms with Crippen LogP contribution in [0.4, 0.5) is 0 Å². The van der Waals surface area contributed by atoms with Crippen LogP contribution in [0.15, 0.2) is 29.2 Å². The summed E-state index contributed by atoms with van der Waals surface area (Å²) in [5, 5.41) is 0. The molecule has 6 nitrogen and oxygen atoms in total. The first kappa shape index (κ1) is 16.8. The van der Waals surface area contributed by atoms with Gasteiger partial charge in [0.2, 0.25) is 0 Å². The number of rotatable bonds is 4. The molecule has 1 aromatic carbocycles. The molecule has 1 saturated heterocycles. The average molecular weight is 326 g/mol. The van der Waals surface area contributed by atoms with Crippen LogP contribution in [0, 0.1) is 0 Å². The van der Waals surface area contributed by atoms with Crippen molar-refractivity contribution in [3.05, 3.63) is 24.3 Å². The van der Waals surface area contributed by atoms with Crippen LogP contribution < -0.4 is 4.74 Å². The van der Waals surface area contributed by atoms with Gasteiger partial charge in [0.1, 0.15) is 5.75 Å². The first-order valence-electron chi connectivity index (χ1n) is 7.18. The first-order chi connectivity index (χ1) is 10.3. The molecule has 1 amide bonds. The fraction of sp³-hybridized carbons (Fsp3) is 0.533. The third-order valence-corrected chi connectivity index (χ3v) is 4.86. The minimum atomic E-state index is -3.28. The van der Waals surface area contributed by atoms with E-state index in [9.17, 15) is 13.2 Å². The maximum absolute atomic E-state index is 12.2. The summed E-state index contributed by atoms with van der Waals surface area (Å²) in [5.41, 5.74) is 0. The Hall–Kier alpha value is -1.60. The van der Waals surface area contributed by atoms with Gasteiger partial charge in [-0.3, -0.25) is 4.79 Å². The van der Waals surface area contributed by atoms with E-state index in [1.807, 2.05) is 14.0 Å². The predicted molar refractivity (Wildman–Crippen MR) is 83.7 cm³/mol. The second kappa shape index (κ2) is 6.66. The van der Waals surface area contributed by atoms with Crippen molar-refractivity contribution in [2.75, 3.05) is 39.5 Å².